The number of nitrogens with zero attached hydrogens (tertiary/aromatic N) is 1. The molecule has 4 aromatic rings. The SMILES string of the molecule is CCC(C)N1C(=O)c2ccc(C(=O)Oc3ccc4c(=O)c(Oc5ccc(C(C)(C)C)cc5)coc4c3)cc2C1=O. The lowest BCUT2D eigenvalue weighted by atomic mass is 9.87. The highest BCUT2D eigenvalue weighted by Crippen LogP contribution is 2.29. The van der Waals surface area contributed by atoms with Crippen LogP contribution in [0.4, 0.5) is 0 Å². The van der Waals surface area contributed by atoms with Gasteiger partial charge in [0.1, 0.15) is 23.3 Å². The van der Waals surface area contributed by atoms with Crippen LogP contribution in [0.2, 0.25) is 0 Å². The van der Waals surface area contributed by atoms with Crippen molar-refractivity contribution < 1.29 is 28.3 Å². The smallest absolute Gasteiger partial charge is 0.343 e. The van der Waals surface area contributed by atoms with Crippen LogP contribution in [0.15, 0.2) is 76.1 Å². The average Bonchev–Trinajstić information content (AvgIpc) is 3.18. The van der Waals surface area contributed by atoms with Gasteiger partial charge in [-0.15, -0.1) is 0 Å². The first-order chi connectivity index (χ1) is 19.0. The third kappa shape index (κ3) is 4.88. The second-order valence-corrected chi connectivity index (χ2v) is 10.9. The second-order valence-electron chi connectivity index (χ2n) is 10.9. The van der Waals surface area contributed by atoms with Gasteiger partial charge in [-0.05, 0) is 66.8 Å². The Labute approximate surface area is 231 Å². The summed E-state index contributed by atoms with van der Waals surface area (Å²) < 4.78 is 16.9. The highest BCUT2D eigenvalue weighted by molar-refractivity contribution is 6.22. The summed E-state index contributed by atoms with van der Waals surface area (Å²) in [7, 11) is 0. The van der Waals surface area contributed by atoms with Crippen molar-refractivity contribution in [2.24, 2.45) is 0 Å². The minimum atomic E-state index is -0.717. The van der Waals surface area contributed by atoms with Crippen LogP contribution in [-0.4, -0.2) is 28.7 Å². The number of hydrogen-bond acceptors (Lipinski definition) is 7. The molecular formula is C32H29NO7. The largest absolute Gasteiger partial charge is 0.460 e. The minimum absolute atomic E-state index is 0.00672. The molecule has 8 nitrogen and oxygen atoms in total. The first kappa shape index (κ1) is 26.9. The number of fused-ring (bicyclic) bond motifs is 2. The molecule has 1 unspecified atom stereocenters. The van der Waals surface area contributed by atoms with Crippen molar-refractivity contribution in [1.82, 2.24) is 4.90 Å². The molecule has 40 heavy (non-hydrogen) atoms. The molecule has 204 valence electrons. The summed E-state index contributed by atoms with van der Waals surface area (Å²) in [6.45, 7) is 10.0. The Morgan fingerprint density at radius 2 is 1.57 bits per heavy atom. The Morgan fingerprint density at radius 3 is 2.25 bits per heavy atom. The monoisotopic (exact) mass is 539 g/mol. The third-order valence-electron chi connectivity index (χ3n) is 7.06. The van der Waals surface area contributed by atoms with Crippen molar-refractivity contribution in [2.45, 2.75) is 52.5 Å². The number of amides is 2. The Hall–Kier alpha value is -4.72. The van der Waals surface area contributed by atoms with Gasteiger partial charge in [-0.25, -0.2) is 4.79 Å². The summed E-state index contributed by atoms with van der Waals surface area (Å²) in [4.78, 5) is 52.6. The van der Waals surface area contributed by atoms with Crippen LogP contribution in [0.25, 0.3) is 11.0 Å². The van der Waals surface area contributed by atoms with Crippen LogP contribution >= 0.6 is 0 Å². The summed E-state index contributed by atoms with van der Waals surface area (Å²) in [6.07, 6.45) is 1.84. The number of benzene rings is 3. The lowest BCUT2D eigenvalue weighted by molar-refractivity contribution is 0.0593. The van der Waals surface area contributed by atoms with Crippen molar-refractivity contribution >= 4 is 28.8 Å². The lowest BCUT2D eigenvalue weighted by Gasteiger charge is -2.20. The van der Waals surface area contributed by atoms with Crippen LogP contribution < -0.4 is 14.9 Å². The van der Waals surface area contributed by atoms with Gasteiger partial charge in [0, 0.05) is 12.1 Å². The Balaban J connectivity index is 1.34. The van der Waals surface area contributed by atoms with E-state index in [1.807, 2.05) is 19.1 Å². The van der Waals surface area contributed by atoms with Crippen LogP contribution in [0.3, 0.4) is 0 Å². The topological polar surface area (TPSA) is 103 Å². The van der Waals surface area contributed by atoms with Gasteiger partial charge in [0.25, 0.3) is 11.8 Å². The molecule has 1 aliphatic heterocycles. The zero-order valence-corrected chi connectivity index (χ0v) is 22.9. The summed E-state index contributed by atoms with van der Waals surface area (Å²) >= 11 is 0. The molecule has 1 atom stereocenters. The molecule has 2 heterocycles. The molecule has 1 aliphatic rings. The lowest BCUT2D eigenvalue weighted by Crippen LogP contribution is -2.37. The molecule has 0 fully saturated rings. The van der Waals surface area contributed by atoms with E-state index in [9.17, 15) is 19.2 Å². The minimum Gasteiger partial charge on any atom is -0.460 e. The molecule has 8 heteroatoms. The molecule has 2 amide bonds. The molecule has 0 saturated heterocycles. The van der Waals surface area contributed by atoms with Crippen LogP contribution in [0, 0.1) is 0 Å². The number of esters is 1. The second kappa shape index (κ2) is 10.1. The number of carbonyl (C=O) groups excluding carboxylic acids is 3. The zero-order valence-electron chi connectivity index (χ0n) is 22.9. The highest BCUT2D eigenvalue weighted by atomic mass is 16.5. The van der Waals surface area contributed by atoms with Gasteiger partial charge < -0.3 is 13.9 Å². The maximum Gasteiger partial charge on any atom is 0.343 e. The molecule has 0 radical (unpaired) electrons. The molecule has 0 saturated carbocycles. The third-order valence-corrected chi connectivity index (χ3v) is 7.06. The van der Waals surface area contributed by atoms with Crippen LogP contribution in [0.5, 0.6) is 17.2 Å². The summed E-state index contributed by atoms with van der Waals surface area (Å²) in [5.74, 6) is -0.832. The molecule has 0 N–H and O–H groups in total. The van der Waals surface area contributed by atoms with Crippen LogP contribution in [0.1, 0.15) is 77.7 Å². The Kier molecular flexibility index (Phi) is 6.79. The maximum absolute atomic E-state index is 13.0. The van der Waals surface area contributed by atoms with Gasteiger partial charge in [0.15, 0.2) is 0 Å². The van der Waals surface area contributed by atoms with E-state index in [1.54, 1.807) is 19.1 Å². The van der Waals surface area contributed by atoms with Gasteiger partial charge in [0.05, 0.1) is 22.1 Å². The fourth-order valence-corrected chi connectivity index (χ4v) is 4.51. The van der Waals surface area contributed by atoms with Gasteiger partial charge in [-0.3, -0.25) is 19.3 Å². The van der Waals surface area contributed by atoms with Crippen molar-refractivity contribution in [3.8, 4) is 17.2 Å². The van der Waals surface area contributed by atoms with Crippen LogP contribution in [-0.2, 0) is 5.41 Å². The molecule has 1 aromatic heterocycles. The molecule has 5 rings (SSSR count). The first-order valence-electron chi connectivity index (χ1n) is 13.1. The number of carbonyl (C=O) groups is 3. The van der Waals surface area contributed by atoms with E-state index in [1.165, 1.54) is 47.6 Å². The normalized spacial score (nSPS) is 13.9. The van der Waals surface area contributed by atoms with E-state index >= 15 is 0 Å². The van der Waals surface area contributed by atoms with E-state index in [4.69, 9.17) is 13.9 Å². The van der Waals surface area contributed by atoms with Crippen molar-refractivity contribution in [1.29, 1.82) is 0 Å². The fourth-order valence-electron chi connectivity index (χ4n) is 4.51. The van der Waals surface area contributed by atoms with Gasteiger partial charge in [-0.1, -0.05) is 39.8 Å². The zero-order chi connectivity index (χ0) is 28.8. The number of rotatable bonds is 6. The Bertz CT molecular complexity index is 1710. The van der Waals surface area contributed by atoms with E-state index in [0.29, 0.717) is 12.2 Å². The predicted octanol–water partition coefficient (Wildman–Crippen LogP) is 6.50. The van der Waals surface area contributed by atoms with E-state index in [2.05, 4.69) is 20.8 Å². The van der Waals surface area contributed by atoms with Gasteiger partial charge in [0.2, 0.25) is 11.2 Å². The quantitative estimate of drug-likeness (QED) is 0.157. The van der Waals surface area contributed by atoms with E-state index < -0.39 is 11.9 Å². The standard InChI is InChI=1S/C32H29NO7/c1-6-18(2)33-29(35)23-13-7-19(15-25(23)30(33)36)31(37)40-22-12-14-24-26(16-22)38-17-27(28(24)34)39-21-10-8-20(9-11-21)32(3,4)5/h7-18H,6H2,1-5H3. The summed E-state index contributed by atoms with van der Waals surface area (Å²) in [5, 5.41) is 0.260. The van der Waals surface area contributed by atoms with Gasteiger partial charge in [-0.2, -0.15) is 0 Å². The number of ether oxygens (including phenoxy) is 2. The molecule has 0 aliphatic carbocycles. The van der Waals surface area contributed by atoms with Crippen molar-refractivity contribution in [3.63, 3.8) is 0 Å². The number of imide groups is 1. The summed E-state index contributed by atoms with van der Waals surface area (Å²) in [6, 6.07) is 16.0. The fraction of sp³-hybridized carbons (Fsp3) is 0.250. The van der Waals surface area contributed by atoms with Crippen molar-refractivity contribution in [2.75, 3.05) is 0 Å². The molecular weight excluding hydrogens is 510 g/mol. The van der Waals surface area contributed by atoms with Gasteiger partial charge >= 0.3 is 5.97 Å². The molecule has 0 bridgehead atoms. The van der Waals surface area contributed by atoms with E-state index in [-0.39, 0.29) is 62.0 Å². The maximum atomic E-state index is 13.0. The Morgan fingerprint density at radius 1 is 0.900 bits per heavy atom. The summed E-state index contributed by atoms with van der Waals surface area (Å²) in [5.41, 5.74) is 1.53. The highest BCUT2D eigenvalue weighted by Gasteiger charge is 2.38. The average molecular weight is 540 g/mol. The van der Waals surface area contributed by atoms with Crippen molar-refractivity contribution in [3.05, 3.63) is 99.4 Å². The van der Waals surface area contributed by atoms with E-state index in [0.717, 1.165) is 5.56 Å². The number of hydrogen-bond donors (Lipinski definition) is 0. The predicted molar refractivity (Wildman–Crippen MR) is 149 cm³/mol. The molecule has 0 spiro atoms. The first-order valence-corrected chi connectivity index (χ1v) is 13.1. The molecule has 3 aromatic carbocycles.